The van der Waals surface area contributed by atoms with Gasteiger partial charge in [-0.1, -0.05) is 17.7 Å². The normalized spacial score (nSPS) is 14.0. The molecule has 3 rings (SSSR count). The van der Waals surface area contributed by atoms with Gasteiger partial charge in [-0.25, -0.2) is 4.68 Å². The van der Waals surface area contributed by atoms with Gasteiger partial charge in [0, 0.05) is 11.3 Å². The monoisotopic (exact) mass is 237 g/mol. The fourth-order valence-corrected chi connectivity index (χ4v) is 2.59. The molecule has 18 heavy (non-hydrogen) atoms. The minimum atomic E-state index is 0.602. The largest absolute Gasteiger partial charge is 0.236 e. The second-order valence-corrected chi connectivity index (χ2v) is 4.84. The van der Waals surface area contributed by atoms with Crippen LogP contribution in [0.3, 0.4) is 0 Å². The summed E-state index contributed by atoms with van der Waals surface area (Å²) in [5.74, 6) is 0. The summed E-state index contributed by atoms with van der Waals surface area (Å²) in [7, 11) is 0. The van der Waals surface area contributed by atoms with Crippen molar-refractivity contribution in [3.8, 4) is 11.8 Å². The van der Waals surface area contributed by atoms with Crippen LogP contribution in [0.1, 0.15) is 35.4 Å². The first-order chi connectivity index (χ1) is 8.79. The van der Waals surface area contributed by atoms with Gasteiger partial charge < -0.3 is 0 Å². The van der Waals surface area contributed by atoms with Crippen LogP contribution >= 0.6 is 0 Å². The SMILES string of the molecule is Cc1ccc(-n2nc(C#N)c3c2CCCC3)cc1. The van der Waals surface area contributed by atoms with Gasteiger partial charge in [0.25, 0.3) is 0 Å². The molecule has 0 unspecified atom stereocenters. The van der Waals surface area contributed by atoms with Crippen LogP contribution in [0.15, 0.2) is 24.3 Å². The predicted octanol–water partition coefficient (Wildman–Crippen LogP) is 2.93. The Morgan fingerprint density at radius 2 is 1.89 bits per heavy atom. The Balaban J connectivity index is 2.15. The maximum Gasteiger partial charge on any atom is 0.166 e. The van der Waals surface area contributed by atoms with Gasteiger partial charge in [-0.2, -0.15) is 10.4 Å². The summed E-state index contributed by atoms with van der Waals surface area (Å²) in [4.78, 5) is 0. The number of hydrogen-bond donors (Lipinski definition) is 0. The van der Waals surface area contributed by atoms with E-state index in [2.05, 4.69) is 42.4 Å². The molecule has 0 radical (unpaired) electrons. The molecule has 2 aromatic rings. The Kier molecular flexibility index (Phi) is 2.64. The standard InChI is InChI=1S/C15H15N3/c1-11-6-8-12(9-7-11)18-15-5-3-2-4-13(15)14(10-16)17-18/h6-9H,2-5H2,1H3. The first-order valence-electron chi connectivity index (χ1n) is 6.37. The van der Waals surface area contributed by atoms with E-state index in [4.69, 9.17) is 0 Å². The number of nitriles is 1. The lowest BCUT2D eigenvalue weighted by molar-refractivity contribution is 0.653. The van der Waals surface area contributed by atoms with Crippen molar-refractivity contribution in [2.75, 3.05) is 0 Å². The molecular weight excluding hydrogens is 222 g/mol. The van der Waals surface area contributed by atoms with Crippen molar-refractivity contribution in [1.29, 1.82) is 5.26 Å². The van der Waals surface area contributed by atoms with Gasteiger partial charge >= 0.3 is 0 Å². The molecule has 1 aromatic heterocycles. The number of nitrogens with zero attached hydrogens (tertiary/aromatic N) is 3. The van der Waals surface area contributed by atoms with E-state index in [0.29, 0.717) is 5.69 Å². The first-order valence-corrected chi connectivity index (χ1v) is 6.37. The highest BCUT2D eigenvalue weighted by Gasteiger charge is 2.21. The molecule has 3 heteroatoms. The van der Waals surface area contributed by atoms with Crippen LogP contribution in [0.2, 0.25) is 0 Å². The summed E-state index contributed by atoms with van der Waals surface area (Å²) in [5, 5.41) is 13.6. The molecule has 0 bridgehead atoms. The van der Waals surface area contributed by atoms with Crippen molar-refractivity contribution in [2.45, 2.75) is 32.6 Å². The van der Waals surface area contributed by atoms with E-state index in [-0.39, 0.29) is 0 Å². The van der Waals surface area contributed by atoms with Gasteiger partial charge in [-0.05, 0) is 44.7 Å². The van der Waals surface area contributed by atoms with Gasteiger partial charge in [-0.3, -0.25) is 0 Å². The molecule has 90 valence electrons. The molecule has 0 saturated carbocycles. The number of fused-ring (bicyclic) bond motifs is 1. The molecule has 1 aliphatic rings. The van der Waals surface area contributed by atoms with Crippen LogP contribution in [0.4, 0.5) is 0 Å². The Bertz CT molecular complexity index is 614. The Hall–Kier alpha value is -2.08. The van der Waals surface area contributed by atoms with Gasteiger partial charge in [0.15, 0.2) is 5.69 Å². The molecule has 0 amide bonds. The Labute approximate surface area is 107 Å². The van der Waals surface area contributed by atoms with Crippen molar-refractivity contribution in [3.05, 3.63) is 46.8 Å². The van der Waals surface area contributed by atoms with E-state index in [1.165, 1.54) is 24.1 Å². The van der Waals surface area contributed by atoms with Crippen LogP contribution in [-0.2, 0) is 12.8 Å². The van der Waals surface area contributed by atoms with Gasteiger partial charge in [0.1, 0.15) is 6.07 Å². The van der Waals surface area contributed by atoms with Gasteiger partial charge in [-0.15, -0.1) is 0 Å². The molecule has 0 atom stereocenters. The van der Waals surface area contributed by atoms with Crippen molar-refractivity contribution in [1.82, 2.24) is 9.78 Å². The van der Waals surface area contributed by atoms with Crippen LogP contribution in [-0.4, -0.2) is 9.78 Å². The highest BCUT2D eigenvalue weighted by Crippen LogP contribution is 2.26. The second kappa shape index (κ2) is 4.30. The maximum atomic E-state index is 9.17. The molecule has 1 aliphatic carbocycles. The molecule has 0 spiro atoms. The van der Waals surface area contributed by atoms with E-state index in [1.807, 2.05) is 4.68 Å². The van der Waals surface area contributed by atoms with Crippen LogP contribution < -0.4 is 0 Å². The van der Waals surface area contributed by atoms with Crippen molar-refractivity contribution >= 4 is 0 Å². The topological polar surface area (TPSA) is 41.6 Å². The molecule has 3 nitrogen and oxygen atoms in total. The van der Waals surface area contributed by atoms with E-state index < -0.39 is 0 Å². The van der Waals surface area contributed by atoms with Gasteiger partial charge in [0.05, 0.1) is 5.69 Å². The molecule has 0 fully saturated rings. The zero-order valence-corrected chi connectivity index (χ0v) is 10.5. The summed E-state index contributed by atoms with van der Waals surface area (Å²) in [6.07, 6.45) is 4.37. The average Bonchev–Trinajstić information content (AvgIpc) is 2.79. The van der Waals surface area contributed by atoms with Crippen molar-refractivity contribution in [3.63, 3.8) is 0 Å². The van der Waals surface area contributed by atoms with Gasteiger partial charge in [0.2, 0.25) is 0 Å². The summed E-state index contributed by atoms with van der Waals surface area (Å²) in [6.45, 7) is 2.07. The first kappa shape index (κ1) is 11.0. The summed E-state index contributed by atoms with van der Waals surface area (Å²) >= 11 is 0. The third-order valence-electron chi connectivity index (χ3n) is 3.56. The Morgan fingerprint density at radius 3 is 2.61 bits per heavy atom. The molecule has 1 aromatic carbocycles. The van der Waals surface area contributed by atoms with E-state index in [9.17, 15) is 5.26 Å². The third kappa shape index (κ3) is 1.70. The summed E-state index contributed by atoms with van der Waals surface area (Å²) in [5.41, 5.74) is 5.27. The minimum Gasteiger partial charge on any atom is -0.236 e. The van der Waals surface area contributed by atoms with Crippen molar-refractivity contribution in [2.24, 2.45) is 0 Å². The molecule has 0 saturated heterocycles. The predicted molar refractivity (Wildman–Crippen MR) is 69.7 cm³/mol. The Morgan fingerprint density at radius 1 is 1.17 bits per heavy atom. The average molecular weight is 237 g/mol. The smallest absolute Gasteiger partial charge is 0.166 e. The molecule has 0 aliphatic heterocycles. The van der Waals surface area contributed by atoms with E-state index in [0.717, 1.165) is 24.1 Å². The fourth-order valence-electron chi connectivity index (χ4n) is 2.59. The quantitative estimate of drug-likeness (QED) is 0.765. The zero-order valence-electron chi connectivity index (χ0n) is 10.5. The number of rotatable bonds is 1. The maximum absolute atomic E-state index is 9.17. The molecular formula is C15H15N3. The summed E-state index contributed by atoms with van der Waals surface area (Å²) < 4.78 is 1.95. The van der Waals surface area contributed by atoms with Crippen LogP contribution in [0, 0.1) is 18.3 Å². The minimum absolute atomic E-state index is 0.602. The lowest BCUT2D eigenvalue weighted by Crippen LogP contribution is -2.07. The molecule has 1 heterocycles. The third-order valence-corrected chi connectivity index (χ3v) is 3.56. The second-order valence-electron chi connectivity index (χ2n) is 4.84. The van der Waals surface area contributed by atoms with Crippen LogP contribution in [0.5, 0.6) is 0 Å². The molecule has 0 N–H and O–H groups in total. The van der Waals surface area contributed by atoms with E-state index >= 15 is 0 Å². The van der Waals surface area contributed by atoms with Crippen molar-refractivity contribution < 1.29 is 0 Å². The number of hydrogen-bond acceptors (Lipinski definition) is 2. The zero-order chi connectivity index (χ0) is 12.5. The fraction of sp³-hybridized carbons (Fsp3) is 0.333. The number of benzene rings is 1. The van der Waals surface area contributed by atoms with E-state index in [1.54, 1.807) is 0 Å². The highest BCUT2D eigenvalue weighted by molar-refractivity contribution is 5.43. The van der Waals surface area contributed by atoms with Crippen LogP contribution in [0.25, 0.3) is 5.69 Å². The highest BCUT2D eigenvalue weighted by atomic mass is 15.3. The lowest BCUT2D eigenvalue weighted by atomic mass is 9.96. The number of aromatic nitrogens is 2. The lowest BCUT2D eigenvalue weighted by Gasteiger charge is -2.13. The summed E-state index contributed by atoms with van der Waals surface area (Å²) in [6, 6.07) is 10.5. The number of aryl methyl sites for hydroxylation is 1.